The summed E-state index contributed by atoms with van der Waals surface area (Å²) in [6.45, 7) is -0.186. The van der Waals surface area contributed by atoms with Gasteiger partial charge in [0.1, 0.15) is 25.1 Å². The Morgan fingerprint density at radius 1 is 0.900 bits per heavy atom. The smallest absolute Gasteiger partial charge is 0.200 e. The standard InChI is InChI=1S/C15H14F2O3/c16-13-7-4-8-14(15(13)17)20-10-11(18)9-19-12-5-2-1-3-6-12/h1-8,11,18H,9-10H2. The van der Waals surface area contributed by atoms with Crippen LogP contribution in [0.25, 0.3) is 0 Å². The summed E-state index contributed by atoms with van der Waals surface area (Å²) in [7, 11) is 0. The number of benzene rings is 2. The number of aliphatic hydroxyl groups excluding tert-OH is 1. The molecule has 0 aliphatic heterocycles. The monoisotopic (exact) mass is 280 g/mol. The summed E-state index contributed by atoms with van der Waals surface area (Å²) in [5.41, 5.74) is 0. The molecular weight excluding hydrogens is 266 g/mol. The van der Waals surface area contributed by atoms with Crippen LogP contribution in [0.1, 0.15) is 0 Å². The lowest BCUT2D eigenvalue weighted by Gasteiger charge is -2.14. The van der Waals surface area contributed by atoms with Crippen LogP contribution in [-0.2, 0) is 0 Å². The maximum atomic E-state index is 13.3. The molecule has 0 radical (unpaired) electrons. The van der Waals surface area contributed by atoms with E-state index in [1.807, 2.05) is 6.07 Å². The van der Waals surface area contributed by atoms with Crippen LogP contribution in [0.2, 0.25) is 0 Å². The number of rotatable bonds is 6. The molecule has 20 heavy (non-hydrogen) atoms. The van der Waals surface area contributed by atoms with E-state index in [9.17, 15) is 13.9 Å². The molecule has 0 saturated carbocycles. The van der Waals surface area contributed by atoms with E-state index < -0.39 is 17.7 Å². The van der Waals surface area contributed by atoms with Crippen molar-refractivity contribution >= 4 is 0 Å². The number of aliphatic hydroxyl groups is 1. The minimum atomic E-state index is -1.07. The van der Waals surface area contributed by atoms with Crippen molar-refractivity contribution in [3.05, 3.63) is 60.2 Å². The molecule has 2 rings (SSSR count). The van der Waals surface area contributed by atoms with Gasteiger partial charge < -0.3 is 14.6 Å². The first-order chi connectivity index (χ1) is 9.66. The van der Waals surface area contributed by atoms with Gasteiger partial charge in [0.05, 0.1) is 0 Å². The van der Waals surface area contributed by atoms with E-state index in [1.54, 1.807) is 24.3 Å². The largest absolute Gasteiger partial charge is 0.491 e. The summed E-state index contributed by atoms with van der Waals surface area (Å²) in [4.78, 5) is 0. The Morgan fingerprint density at radius 3 is 2.35 bits per heavy atom. The summed E-state index contributed by atoms with van der Waals surface area (Å²) in [5, 5.41) is 9.67. The van der Waals surface area contributed by atoms with Gasteiger partial charge in [0.25, 0.3) is 0 Å². The van der Waals surface area contributed by atoms with Crippen LogP contribution in [0.5, 0.6) is 11.5 Å². The Labute approximate surface area is 115 Å². The number of ether oxygens (including phenoxy) is 2. The molecule has 3 nitrogen and oxygen atoms in total. The van der Waals surface area contributed by atoms with Gasteiger partial charge in [-0.2, -0.15) is 4.39 Å². The molecule has 5 heteroatoms. The van der Waals surface area contributed by atoms with Crippen LogP contribution in [0, 0.1) is 11.6 Å². The number of hydrogen-bond donors (Lipinski definition) is 1. The highest BCUT2D eigenvalue weighted by molar-refractivity contribution is 5.25. The molecule has 0 aliphatic carbocycles. The van der Waals surface area contributed by atoms with Gasteiger partial charge in [0.2, 0.25) is 5.82 Å². The predicted octanol–water partition coefficient (Wildman–Crippen LogP) is 2.78. The summed E-state index contributed by atoms with van der Waals surface area (Å²) in [6, 6.07) is 12.6. The molecule has 2 aromatic rings. The normalized spacial score (nSPS) is 11.9. The summed E-state index contributed by atoms with van der Waals surface area (Å²) in [6.07, 6.45) is -0.946. The fourth-order valence-electron chi connectivity index (χ4n) is 1.54. The van der Waals surface area contributed by atoms with Gasteiger partial charge in [-0.15, -0.1) is 0 Å². The lowest BCUT2D eigenvalue weighted by Crippen LogP contribution is -2.25. The second-order valence-electron chi connectivity index (χ2n) is 4.14. The first kappa shape index (κ1) is 14.3. The van der Waals surface area contributed by atoms with Crippen LogP contribution < -0.4 is 9.47 Å². The maximum Gasteiger partial charge on any atom is 0.200 e. The highest BCUT2D eigenvalue weighted by Crippen LogP contribution is 2.19. The molecule has 106 valence electrons. The average molecular weight is 280 g/mol. The second kappa shape index (κ2) is 6.86. The zero-order chi connectivity index (χ0) is 14.4. The molecule has 0 bridgehead atoms. The third kappa shape index (κ3) is 3.93. The summed E-state index contributed by atoms with van der Waals surface area (Å²) >= 11 is 0. The van der Waals surface area contributed by atoms with E-state index in [0.29, 0.717) is 5.75 Å². The van der Waals surface area contributed by atoms with E-state index in [4.69, 9.17) is 9.47 Å². The lowest BCUT2D eigenvalue weighted by molar-refractivity contribution is 0.0610. The first-order valence-corrected chi connectivity index (χ1v) is 6.09. The lowest BCUT2D eigenvalue weighted by atomic mass is 10.3. The van der Waals surface area contributed by atoms with Gasteiger partial charge >= 0.3 is 0 Å². The van der Waals surface area contributed by atoms with Gasteiger partial charge in [-0.3, -0.25) is 0 Å². The van der Waals surface area contributed by atoms with Crippen LogP contribution in [0.15, 0.2) is 48.5 Å². The van der Waals surface area contributed by atoms with Crippen molar-refractivity contribution < 1.29 is 23.4 Å². The van der Waals surface area contributed by atoms with Crippen molar-refractivity contribution in [3.63, 3.8) is 0 Å². The molecule has 0 amide bonds. The van der Waals surface area contributed by atoms with Crippen molar-refractivity contribution in [1.82, 2.24) is 0 Å². The van der Waals surface area contributed by atoms with Gasteiger partial charge in [-0.25, -0.2) is 4.39 Å². The quantitative estimate of drug-likeness (QED) is 0.884. The SMILES string of the molecule is OC(COc1ccccc1)COc1cccc(F)c1F. The second-order valence-corrected chi connectivity index (χ2v) is 4.14. The minimum Gasteiger partial charge on any atom is -0.491 e. The molecule has 0 spiro atoms. The van der Waals surface area contributed by atoms with Crippen molar-refractivity contribution in [2.45, 2.75) is 6.10 Å². The molecule has 1 N–H and O–H groups in total. The van der Waals surface area contributed by atoms with E-state index in [1.165, 1.54) is 12.1 Å². The van der Waals surface area contributed by atoms with Crippen molar-refractivity contribution in [3.8, 4) is 11.5 Å². The maximum absolute atomic E-state index is 13.3. The first-order valence-electron chi connectivity index (χ1n) is 6.09. The molecule has 0 fully saturated rings. The van der Waals surface area contributed by atoms with Gasteiger partial charge in [-0.1, -0.05) is 24.3 Å². The zero-order valence-electron chi connectivity index (χ0n) is 10.6. The Balaban J connectivity index is 1.80. The fraction of sp³-hybridized carbons (Fsp3) is 0.200. The predicted molar refractivity (Wildman–Crippen MR) is 69.8 cm³/mol. The molecule has 0 aliphatic rings. The van der Waals surface area contributed by atoms with Crippen LogP contribution in [-0.4, -0.2) is 24.4 Å². The summed E-state index contributed by atoms with van der Waals surface area (Å²) < 4.78 is 36.6. The van der Waals surface area contributed by atoms with E-state index in [-0.39, 0.29) is 19.0 Å². The molecule has 0 heterocycles. The third-order valence-electron chi connectivity index (χ3n) is 2.53. The topological polar surface area (TPSA) is 38.7 Å². The molecule has 0 aromatic heterocycles. The fourth-order valence-corrected chi connectivity index (χ4v) is 1.54. The molecule has 0 saturated heterocycles. The van der Waals surface area contributed by atoms with Crippen LogP contribution >= 0.6 is 0 Å². The van der Waals surface area contributed by atoms with Crippen LogP contribution in [0.4, 0.5) is 8.78 Å². The van der Waals surface area contributed by atoms with Crippen molar-refractivity contribution in [2.75, 3.05) is 13.2 Å². The number of hydrogen-bond acceptors (Lipinski definition) is 3. The number of para-hydroxylation sites is 1. The van der Waals surface area contributed by atoms with Gasteiger partial charge in [-0.05, 0) is 24.3 Å². The van der Waals surface area contributed by atoms with Gasteiger partial charge in [0.15, 0.2) is 11.6 Å². The zero-order valence-corrected chi connectivity index (χ0v) is 10.6. The third-order valence-corrected chi connectivity index (χ3v) is 2.53. The van der Waals surface area contributed by atoms with Gasteiger partial charge in [0, 0.05) is 0 Å². The highest BCUT2D eigenvalue weighted by atomic mass is 19.2. The van der Waals surface area contributed by atoms with E-state index in [2.05, 4.69) is 0 Å². The van der Waals surface area contributed by atoms with Crippen molar-refractivity contribution in [1.29, 1.82) is 0 Å². The Bertz CT molecular complexity index is 546. The Morgan fingerprint density at radius 2 is 1.60 bits per heavy atom. The highest BCUT2D eigenvalue weighted by Gasteiger charge is 2.11. The molecular formula is C15H14F2O3. The summed E-state index contributed by atoms with van der Waals surface area (Å²) in [5.74, 6) is -1.67. The van der Waals surface area contributed by atoms with E-state index >= 15 is 0 Å². The molecule has 1 unspecified atom stereocenters. The van der Waals surface area contributed by atoms with Crippen molar-refractivity contribution in [2.24, 2.45) is 0 Å². The number of halogens is 2. The molecule has 2 aromatic carbocycles. The Kier molecular flexibility index (Phi) is 4.90. The van der Waals surface area contributed by atoms with Crippen LogP contribution in [0.3, 0.4) is 0 Å². The Hall–Kier alpha value is -2.14. The minimum absolute atomic E-state index is 0.000941. The molecule has 1 atom stereocenters. The average Bonchev–Trinajstić information content (AvgIpc) is 2.48. The van der Waals surface area contributed by atoms with E-state index in [0.717, 1.165) is 6.07 Å².